The third-order valence-electron chi connectivity index (χ3n) is 4.33. The molecule has 0 saturated carbocycles. The second-order valence-electron chi connectivity index (χ2n) is 6.49. The van der Waals surface area contributed by atoms with Gasteiger partial charge < -0.3 is 10.2 Å². The number of alkyl halides is 3. The Hall–Kier alpha value is -2.83. The van der Waals surface area contributed by atoms with Crippen LogP contribution in [0.3, 0.4) is 0 Å². The number of halogens is 3. The summed E-state index contributed by atoms with van der Waals surface area (Å²) in [5.41, 5.74) is 3.99. The van der Waals surface area contributed by atoms with Crippen molar-refractivity contribution in [1.29, 1.82) is 0 Å². The van der Waals surface area contributed by atoms with Crippen molar-refractivity contribution in [3.63, 3.8) is 0 Å². The van der Waals surface area contributed by atoms with Crippen LogP contribution in [0.15, 0.2) is 54.9 Å². The molecular formula is C21H24F3N3O. The zero-order chi connectivity index (χ0) is 20.6. The largest absolute Gasteiger partial charge is 0.392 e. The highest BCUT2D eigenvalue weighted by Crippen LogP contribution is 2.22. The molecule has 0 fully saturated rings. The van der Waals surface area contributed by atoms with Crippen molar-refractivity contribution >= 4 is 11.6 Å². The minimum absolute atomic E-state index is 0.138. The maximum absolute atomic E-state index is 12.2. The van der Waals surface area contributed by atoms with Gasteiger partial charge in [-0.1, -0.05) is 24.3 Å². The van der Waals surface area contributed by atoms with Crippen LogP contribution in [0, 0.1) is 6.92 Å². The molecule has 0 aliphatic rings. The van der Waals surface area contributed by atoms with E-state index < -0.39 is 12.6 Å². The third-order valence-corrected chi connectivity index (χ3v) is 4.33. The maximum atomic E-state index is 12.2. The van der Waals surface area contributed by atoms with E-state index in [1.54, 1.807) is 12.4 Å². The molecule has 0 atom stereocenters. The van der Waals surface area contributed by atoms with E-state index in [4.69, 9.17) is 0 Å². The molecule has 1 aromatic carbocycles. The Morgan fingerprint density at radius 2 is 1.89 bits per heavy atom. The van der Waals surface area contributed by atoms with E-state index in [-0.39, 0.29) is 12.5 Å². The number of amides is 1. The Balaban J connectivity index is 2.03. The quantitative estimate of drug-likeness (QED) is 0.654. The van der Waals surface area contributed by atoms with Crippen LogP contribution in [-0.2, 0) is 17.9 Å². The van der Waals surface area contributed by atoms with Gasteiger partial charge in [-0.25, -0.2) is 0 Å². The average Bonchev–Trinajstić information content (AvgIpc) is 2.64. The van der Waals surface area contributed by atoms with Crippen molar-refractivity contribution in [2.45, 2.75) is 39.5 Å². The predicted octanol–water partition coefficient (Wildman–Crippen LogP) is 4.86. The van der Waals surface area contributed by atoms with Crippen LogP contribution in [0.5, 0.6) is 0 Å². The summed E-state index contributed by atoms with van der Waals surface area (Å²) in [6, 6.07) is 9.63. The topological polar surface area (TPSA) is 45.2 Å². The first-order chi connectivity index (χ1) is 13.3. The minimum Gasteiger partial charge on any atom is -0.381 e. The Morgan fingerprint density at radius 1 is 1.18 bits per heavy atom. The van der Waals surface area contributed by atoms with Crippen molar-refractivity contribution in [1.82, 2.24) is 9.88 Å². The zero-order valence-electron chi connectivity index (χ0n) is 16.0. The third kappa shape index (κ3) is 7.06. The Bertz CT molecular complexity index is 804. The number of allylic oxidation sites excluding steroid dienone is 1. The van der Waals surface area contributed by atoms with E-state index in [0.717, 1.165) is 28.5 Å². The fraction of sp³-hybridized carbons (Fsp3) is 0.333. The molecule has 0 radical (unpaired) electrons. The van der Waals surface area contributed by atoms with Crippen LogP contribution in [-0.4, -0.2) is 28.5 Å². The normalized spacial score (nSPS) is 11.6. The van der Waals surface area contributed by atoms with E-state index in [2.05, 4.69) is 10.3 Å². The average molecular weight is 391 g/mol. The molecule has 0 unspecified atom stereocenters. The molecule has 1 aromatic heterocycles. The van der Waals surface area contributed by atoms with Gasteiger partial charge in [0.25, 0.3) is 0 Å². The van der Waals surface area contributed by atoms with E-state index in [1.807, 2.05) is 37.3 Å². The smallest absolute Gasteiger partial charge is 0.381 e. The summed E-state index contributed by atoms with van der Waals surface area (Å²) in [6.45, 7) is 4.49. The Kier molecular flexibility index (Phi) is 7.61. The lowest BCUT2D eigenvalue weighted by Crippen LogP contribution is -2.28. The number of hydrogen-bond donors (Lipinski definition) is 1. The molecule has 0 aliphatic heterocycles. The first-order valence-electron chi connectivity index (χ1n) is 8.95. The van der Waals surface area contributed by atoms with Gasteiger partial charge in [0.05, 0.1) is 6.42 Å². The number of carbonyl (C=O) groups excluding carboxylic acids is 1. The first-order valence-corrected chi connectivity index (χ1v) is 8.95. The molecule has 0 bridgehead atoms. The van der Waals surface area contributed by atoms with Crippen LogP contribution >= 0.6 is 0 Å². The lowest BCUT2D eigenvalue weighted by molar-refractivity contribution is -0.128. The first kappa shape index (κ1) is 21.5. The molecule has 4 nitrogen and oxygen atoms in total. The van der Waals surface area contributed by atoms with Crippen LogP contribution in [0.2, 0.25) is 0 Å². The molecule has 7 heteroatoms. The standard InChI is InChI=1S/C21H24F3N3O/c1-16-19(15-27(17(2)28)13-4-3-10-21(22,23)24)6-5-7-20(16)26-14-18-8-11-25-12-9-18/h3-9,11-12,26H,10,13-15H2,1-2H3/b4-3+. The number of nitrogens with one attached hydrogen (secondary N) is 1. The summed E-state index contributed by atoms with van der Waals surface area (Å²) >= 11 is 0. The van der Waals surface area contributed by atoms with Gasteiger partial charge in [-0.3, -0.25) is 9.78 Å². The molecular weight excluding hydrogens is 367 g/mol. The number of pyridine rings is 1. The zero-order valence-corrected chi connectivity index (χ0v) is 16.0. The number of anilines is 1. The van der Waals surface area contributed by atoms with E-state index in [1.165, 1.54) is 17.9 Å². The molecule has 0 aliphatic carbocycles. The van der Waals surface area contributed by atoms with Gasteiger partial charge in [0.2, 0.25) is 5.91 Å². The number of nitrogens with zero attached hydrogens (tertiary/aromatic N) is 2. The van der Waals surface area contributed by atoms with Crippen LogP contribution in [0.1, 0.15) is 30.0 Å². The van der Waals surface area contributed by atoms with Crippen molar-refractivity contribution in [3.8, 4) is 0 Å². The molecule has 0 saturated heterocycles. The van der Waals surface area contributed by atoms with Crippen molar-refractivity contribution < 1.29 is 18.0 Å². The summed E-state index contributed by atoms with van der Waals surface area (Å²) in [5.74, 6) is -0.189. The van der Waals surface area contributed by atoms with Crippen molar-refractivity contribution in [3.05, 3.63) is 71.6 Å². The fourth-order valence-corrected chi connectivity index (χ4v) is 2.67. The van der Waals surface area contributed by atoms with E-state index in [0.29, 0.717) is 13.1 Å². The number of aromatic nitrogens is 1. The van der Waals surface area contributed by atoms with Gasteiger partial charge in [0, 0.05) is 44.6 Å². The summed E-state index contributed by atoms with van der Waals surface area (Å²) in [4.78, 5) is 17.4. The SMILES string of the molecule is CC(=O)N(C/C=C/CC(F)(F)F)Cc1cccc(NCc2ccncc2)c1C. The molecule has 1 heterocycles. The highest BCUT2D eigenvalue weighted by molar-refractivity contribution is 5.73. The van der Waals surface area contributed by atoms with E-state index >= 15 is 0 Å². The summed E-state index contributed by atoms with van der Waals surface area (Å²) in [6.07, 6.45) is 0.676. The molecule has 1 amide bonds. The van der Waals surface area contributed by atoms with Gasteiger partial charge in [0.1, 0.15) is 0 Å². The summed E-state index contributed by atoms with van der Waals surface area (Å²) in [7, 11) is 0. The molecule has 2 aromatic rings. The fourth-order valence-electron chi connectivity index (χ4n) is 2.67. The van der Waals surface area contributed by atoms with Crippen molar-refractivity contribution in [2.24, 2.45) is 0 Å². The molecule has 1 N–H and O–H groups in total. The van der Waals surface area contributed by atoms with Gasteiger partial charge >= 0.3 is 6.18 Å². The van der Waals surface area contributed by atoms with Crippen LogP contribution < -0.4 is 5.32 Å². The molecule has 150 valence electrons. The van der Waals surface area contributed by atoms with Gasteiger partial charge in [-0.2, -0.15) is 13.2 Å². The lowest BCUT2D eigenvalue weighted by atomic mass is 10.1. The Morgan fingerprint density at radius 3 is 2.54 bits per heavy atom. The maximum Gasteiger partial charge on any atom is 0.392 e. The lowest BCUT2D eigenvalue weighted by Gasteiger charge is -2.22. The van der Waals surface area contributed by atoms with Crippen molar-refractivity contribution in [2.75, 3.05) is 11.9 Å². The number of rotatable bonds is 8. The minimum atomic E-state index is -4.23. The summed E-state index contributed by atoms with van der Waals surface area (Å²) in [5, 5.41) is 3.37. The molecule has 28 heavy (non-hydrogen) atoms. The van der Waals surface area contributed by atoms with Gasteiger partial charge in [0.15, 0.2) is 0 Å². The second-order valence-corrected chi connectivity index (χ2v) is 6.49. The van der Waals surface area contributed by atoms with Gasteiger partial charge in [-0.15, -0.1) is 0 Å². The monoisotopic (exact) mass is 391 g/mol. The highest BCUT2D eigenvalue weighted by Gasteiger charge is 2.24. The molecule has 0 spiro atoms. The molecule has 2 rings (SSSR count). The van der Waals surface area contributed by atoms with Crippen LogP contribution in [0.25, 0.3) is 0 Å². The Labute approximate surface area is 163 Å². The predicted molar refractivity (Wildman–Crippen MR) is 104 cm³/mol. The van der Waals surface area contributed by atoms with E-state index in [9.17, 15) is 18.0 Å². The van der Waals surface area contributed by atoms with Crippen LogP contribution in [0.4, 0.5) is 18.9 Å². The second kappa shape index (κ2) is 9.92. The summed E-state index contributed by atoms with van der Waals surface area (Å²) < 4.78 is 36.7. The van der Waals surface area contributed by atoms with Gasteiger partial charge in [-0.05, 0) is 41.8 Å². The number of hydrogen-bond acceptors (Lipinski definition) is 3. The number of benzene rings is 1. The number of carbonyl (C=O) groups is 1. The highest BCUT2D eigenvalue weighted by atomic mass is 19.4.